The van der Waals surface area contributed by atoms with Gasteiger partial charge in [0.1, 0.15) is 0 Å². The highest BCUT2D eigenvalue weighted by Gasteiger charge is 2.28. The van der Waals surface area contributed by atoms with E-state index in [0.717, 1.165) is 27.5 Å². The van der Waals surface area contributed by atoms with Crippen LogP contribution in [-0.4, -0.2) is 5.75 Å². The minimum atomic E-state index is -0.781. The van der Waals surface area contributed by atoms with Gasteiger partial charge in [-0.05, 0) is 32.8 Å². The summed E-state index contributed by atoms with van der Waals surface area (Å²) in [5, 5.41) is 23.7. The predicted octanol–water partition coefficient (Wildman–Crippen LogP) is 6.36. The van der Waals surface area contributed by atoms with Crippen LogP contribution in [0.1, 0.15) is 28.5 Å². The number of nitrogens with zero attached hydrogens (tertiary/aromatic N) is 2. The Morgan fingerprint density at radius 2 is 1.46 bits per heavy atom. The third-order valence-corrected chi connectivity index (χ3v) is 6.81. The van der Waals surface area contributed by atoms with Crippen LogP contribution in [0.15, 0.2) is 77.7 Å². The zero-order valence-electron chi connectivity index (χ0n) is 15.1. The summed E-state index contributed by atoms with van der Waals surface area (Å²) in [7, 11) is 0. The third-order valence-electron chi connectivity index (χ3n) is 5.59. The molecule has 0 radical (unpaired) electrons. The average molecular weight is 376 g/mol. The molecule has 0 aliphatic carbocycles. The quantitative estimate of drug-likeness (QED) is 0.382. The molecule has 0 saturated heterocycles. The molecule has 0 saturated carbocycles. The summed E-state index contributed by atoms with van der Waals surface area (Å²) in [6.07, 6.45) is 0. The van der Waals surface area contributed by atoms with Crippen LogP contribution in [0, 0.1) is 22.7 Å². The Balaban J connectivity index is 1.92. The van der Waals surface area contributed by atoms with E-state index >= 15 is 0 Å². The van der Waals surface area contributed by atoms with Crippen molar-refractivity contribution >= 4 is 33.3 Å². The molecule has 0 N–H and O–H groups in total. The van der Waals surface area contributed by atoms with E-state index in [9.17, 15) is 10.5 Å². The van der Waals surface area contributed by atoms with Crippen LogP contribution >= 0.6 is 11.8 Å². The first kappa shape index (κ1) is 16.9. The molecule has 1 aliphatic rings. The second-order valence-electron chi connectivity index (χ2n) is 7.02. The molecule has 0 amide bonds. The largest absolute Gasteiger partial charge is 0.196 e. The van der Waals surface area contributed by atoms with Crippen LogP contribution in [0.4, 0.5) is 0 Å². The van der Waals surface area contributed by atoms with Crippen LogP contribution in [0.5, 0.6) is 0 Å². The van der Waals surface area contributed by atoms with Crippen molar-refractivity contribution < 1.29 is 0 Å². The van der Waals surface area contributed by atoms with E-state index in [4.69, 9.17) is 0 Å². The van der Waals surface area contributed by atoms with E-state index in [2.05, 4.69) is 60.7 Å². The highest BCUT2D eigenvalue weighted by atomic mass is 32.2. The van der Waals surface area contributed by atoms with Crippen molar-refractivity contribution in [1.82, 2.24) is 0 Å². The Morgan fingerprint density at radius 3 is 2.21 bits per heavy atom. The first-order valence-electron chi connectivity index (χ1n) is 9.27. The Morgan fingerprint density at radius 1 is 0.786 bits per heavy atom. The van der Waals surface area contributed by atoms with E-state index in [0.29, 0.717) is 5.92 Å². The molecule has 1 atom stereocenters. The van der Waals surface area contributed by atoms with Crippen LogP contribution in [0.3, 0.4) is 0 Å². The molecule has 4 aromatic carbocycles. The fourth-order valence-corrected chi connectivity index (χ4v) is 5.78. The lowest BCUT2D eigenvalue weighted by Crippen LogP contribution is -2.11. The van der Waals surface area contributed by atoms with E-state index in [-0.39, 0.29) is 0 Å². The van der Waals surface area contributed by atoms with E-state index in [1.165, 1.54) is 21.4 Å². The molecule has 0 fully saturated rings. The highest BCUT2D eigenvalue weighted by Crippen LogP contribution is 2.49. The first-order chi connectivity index (χ1) is 13.8. The van der Waals surface area contributed by atoms with Gasteiger partial charge in [-0.3, -0.25) is 0 Å². The molecule has 28 heavy (non-hydrogen) atoms. The number of rotatable bonds is 2. The SMILES string of the molecule is N#CC(C#N)c1c2ccccc2c2c3c(cccc13)C(c1ccccc1)CS2. The minimum Gasteiger partial charge on any atom is -0.196 e. The minimum absolute atomic E-state index is 0.305. The zero-order chi connectivity index (χ0) is 19.1. The van der Waals surface area contributed by atoms with Gasteiger partial charge in [0.15, 0.2) is 5.92 Å². The smallest absolute Gasteiger partial charge is 0.159 e. The summed E-state index contributed by atoms with van der Waals surface area (Å²) in [4.78, 5) is 1.27. The van der Waals surface area contributed by atoms with Gasteiger partial charge in [0.25, 0.3) is 0 Å². The van der Waals surface area contributed by atoms with Gasteiger partial charge in [0.2, 0.25) is 0 Å². The molecule has 4 aromatic rings. The Kier molecular flexibility index (Phi) is 4.05. The van der Waals surface area contributed by atoms with Crippen LogP contribution < -0.4 is 0 Å². The number of thioether (sulfide) groups is 1. The Hall–Kier alpha value is -3.27. The average Bonchev–Trinajstić information content (AvgIpc) is 2.77. The molecular weight excluding hydrogens is 360 g/mol. The van der Waals surface area contributed by atoms with Crippen molar-refractivity contribution in [1.29, 1.82) is 10.5 Å². The summed E-state index contributed by atoms with van der Waals surface area (Å²) in [5.74, 6) is 0.509. The van der Waals surface area contributed by atoms with Gasteiger partial charge in [-0.2, -0.15) is 10.5 Å². The molecule has 0 bridgehead atoms. The van der Waals surface area contributed by atoms with Crippen molar-refractivity contribution in [3.05, 3.63) is 89.5 Å². The molecule has 1 heterocycles. The lowest BCUT2D eigenvalue weighted by atomic mass is 9.83. The van der Waals surface area contributed by atoms with E-state index < -0.39 is 5.92 Å². The van der Waals surface area contributed by atoms with Crippen LogP contribution in [0.25, 0.3) is 21.5 Å². The molecule has 1 aliphatic heterocycles. The lowest BCUT2D eigenvalue weighted by Gasteiger charge is -2.28. The van der Waals surface area contributed by atoms with Gasteiger partial charge in [0.05, 0.1) is 12.1 Å². The number of benzene rings is 4. The Labute approximate surface area is 168 Å². The highest BCUT2D eigenvalue weighted by molar-refractivity contribution is 7.99. The Bertz CT molecular complexity index is 1280. The number of nitriles is 2. The summed E-state index contributed by atoms with van der Waals surface area (Å²) in [6, 6.07) is 29.5. The fourth-order valence-electron chi connectivity index (χ4n) is 4.37. The van der Waals surface area contributed by atoms with Gasteiger partial charge in [0, 0.05) is 22.0 Å². The maximum Gasteiger partial charge on any atom is 0.159 e. The van der Waals surface area contributed by atoms with E-state index in [1.807, 2.05) is 36.0 Å². The zero-order valence-corrected chi connectivity index (χ0v) is 15.9. The monoisotopic (exact) mass is 376 g/mol. The van der Waals surface area contributed by atoms with Crippen molar-refractivity contribution in [2.45, 2.75) is 16.7 Å². The summed E-state index contributed by atoms with van der Waals surface area (Å²) >= 11 is 1.88. The third kappa shape index (κ3) is 2.41. The lowest BCUT2D eigenvalue weighted by molar-refractivity contribution is 0.937. The summed E-state index contributed by atoms with van der Waals surface area (Å²) in [6.45, 7) is 0. The molecule has 1 unspecified atom stereocenters. The molecular formula is C25H16N2S. The van der Waals surface area contributed by atoms with Crippen molar-refractivity contribution in [2.75, 3.05) is 5.75 Å². The van der Waals surface area contributed by atoms with Gasteiger partial charge in [-0.15, -0.1) is 11.8 Å². The van der Waals surface area contributed by atoms with Gasteiger partial charge < -0.3 is 0 Å². The first-order valence-corrected chi connectivity index (χ1v) is 10.3. The molecule has 2 nitrogen and oxygen atoms in total. The maximum absolute atomic E-state index is 9.66. The number of hydrogen-bond donors (Lipinski definition) is 0. The summed E-state index contributed by atoms with van der Waals surface area (Å²) in [5.41, 5.74) is 3.44. The van der Waals surface area contributed by atoms with Gasteiger partial charge >= 0.3 is 0 Å². The van der Waals surface area contributed by atoms with Gasteiger partial charge in [-0.1, -0.05) is 72.8 Å². The maximum atomic E-state index is 9.66. The molecule has 132 valence electrons. The normalized spacial score (nSPS) is 15.5. The van der Waals surface area contributed by atoms with Gasteiger partial charge in [-0.25, -0.2) is 0 Å². The molecule has 0 aromatic heterocycles. The molecule has 3 heteroatoms. The topological polar surface area (TPSA) is 47.6 Å². The van der Waals surface area contributed by atoms with Crippen molar-refractivity contribution in [3.8, 4) is 12.1 Å². The predicted molar refractivity (Wildman–Crippen MR) is 114 cm³/mol. The fraction of sp³-hybridized carbons (Fsp3) is 0.120. The molecule has 5 rings (SSSR count). The number of fused-ring (bicyclic) bond motifs is 2. The second-order valence-corrected chi connectivity index (χ2v) is 8.05. The van der Waals surface area contributed by atoms with Crippen LogP contribution in [0.2, 0.25) is 0 Å². The summed E-state index contributed by atoms with van der Waals surface area (Å²) < 4.78 is 0. The van der Waals surface area contributed by atoms with Crippen molar-refractivity contribution in [3.63, 3.8) is 0 Å². The number of hydrogen-bond acceptors (Lipinski definition) is 3. The standard InChI is InChI=1S/C25H16N2S/c26-13-17(14-27)23-18-9-4-5-10-20(18)25-24-19(11-6-12-21(23)24)22(15-28-25)16-7-2-1-3-8-16/h1-12,17,22H,15H2. The molecule has 0 spiro atoms. The second kappa shape index (κ2) is 6.71. The van der Waals surface area contributed by atoms with E-state index in [1.54, 1.807) is 0 Å². The van der Waals surface area contributed by atoms with Crippen LogP contribution in [-0.2, 0) is 0 Å². The van der Waals surface area contributed by atoms with Crippen molar-refractivity contribution in [2.24, 2.45) is 0 Å².